The number of hydrogen-bond donors (Lipinski definition) is 2. The number of nitrogens with one attached hydrogen (secondary N) is 2. The molecule has 0 fully saturated rings. The highest BCUT2D eigenvalue weighted by molar-refractivity contribution is 5.97. The highest BCUT2D eigenvalue weighted by atomic mass is 16.5. The molecular formula is C21H23N5O5. The molecule has 10 heteroatoms. The van der Waals surface area contributed by atoms with E-state index in [9.17, 15) is 19.2 Å². The van der Waals surface area contributed by atoms with Gasteiger partial charge >= 0.3 is 5.69 Å². The zero-order valence-electron chi connectivity index (χ0n) is 17.8. The Morgan fingerprint density at radius 2 is 1.81 bits per heavy atom. The third-order valence-corrected chi connectivity index (χ3v) is 5.08. The van der Waals surface area contributed by atoms with Crippen LogP contribution in [-0.2, 0) is 18.9 Å². The largest absolute Gasteiger partial charge is 0.481 e. The van der Waals surface area contributed by atoms with Crippen molar-refractivity contribution in [3.05, 3.63) is 68.0 Å². The minimum Gasteiger partial charge on any atom is -0.481 e. The molecule has 3 rings (SSSR count). The standard InChI is InChI=1S/C21H23N5O5/c1-11-7-6-8-16(12(11)2)31-13(3)18(27)23-24-19(28)14-9-15-17(22-10-14)25(4)21(30)26(5)20(15)29/h6-10,13H,1-5H3,(H,23,27)(H,24,28). The van der Waals surface area contributed by atoms with E-state index in [0.29, 0.717) is 5.75 Å². The molecule has 2 aromatic heterocycles. The summed E-state index contributed by atoms with van der Waals surface area (Å²) >= 11 is 0. The second-order valence-electron chi connectivity index (χ2n) is 7.20. The number of pyridine rings is 1. The Hall–Kier alpha value is -3.95. The number of carbonyl (C=O) groups excluding carboxylic acids is 2. The number of ether oxygens (including phenoxy) is 1. The summed E-state index contributed by atoms with van der Waals surface area (Å²) in [5, 5.41) is 0.107. The molecule has 0 aliphatic heterocycles. The van der Waals surface area contributed by atoms with Crippen molar-refractivity contribution in [1.29, 1.82) is 0 Å². The van der Waals surface area contributed by atoms with Crippen LogP contribution in [0.25, 0.3) is 11.0 Å². The maximum absolute atomic E-state index is 12.4. The quantitative estimate of drug-likeness (QED) is 0.586. The molecule has 1 unspecified atom stereocenters. The molecule has 10 nitrogen and oxygen atoms in total. The van der Waals surface area contributed by atoms with Crippen molar-refractivity contribution in [2.24, 2.45) is 14.1 Å². The van der Waals surface area contributed by atoms with E-state index in [2.05, 4.69) is 15.8 Å². The third kappa shape index (κ3) is 4.18. The summed E-state index contributed by atoms with van der Waals surface area (Å²) in [6.45, 7) is 5.39. The molecule has 162 valence electrons. The lowest BCUT2D eigenvalue weighted by atomic mass is 10.1. The van der Waals surface area contributed by atoms with Crippen molar-refractivity contribution in [3.63, 3.8) is 0 Å². The van der Waals surface area contributed by atoms with Gasteiger partial charge in [0.15, 0.2) is 6.10 Å². The number of fused-ring (bicyclic) bond motifs is 1. The minimum atomic E-state index is -0.864. The van der Waals surface area contributed by atoms with Crippen LogP contribution in [0.4, 0.5) is 0 Å². The number of aromatic nitrogens is 3. The van der Waals surface area contributed by atoms with E-state index in [1.54, 1.807) is 13.0 Å². The van der Waals surface area contributed by atoms with Gasteiger partial charge in [-0.05, 0) is 44.0 Å². The Morgan fingerprint density at radius 1 is 1.10 bits per heavy atom. The molecule has 0 aliphatic rings. The number of rotatable bonds is 4. The molecule has 2 amide bonds. The van der Waals surface area contributed by atoms with E-state index in [4.69, 9.17) is 4.74 Å². The molecule has 0 saturated carbocycles. The maximum atomic E-state index is 12.4. The average molecular weight is 425 g/mol. The van der Waals surface area contributed by atoms with Crippen LogP contribution in [0, 0.1) is 13.8 Å². The summed E-state index contributed by atoms with van der Waals surface area (Å²) in [6, 6.07) is 6.85. The van der Waals surface area contributed by atoms with Crippen molar-refractivity contribution in [2.45, 2.75) is 26.9 Å². The Labute approximate surface area is 177 Å². The monoisotopic (exact) mass is 425 g/mol. The van der Waals surface area contributed by atoms with E-state index in [-0.39, 0.29) is 16.6 Å². The van der Waals surface area contributed by atoms with Crippen LogP contribution < -0.4 is 26.8 Å². The number of hydrazine groups is 1. The highest BCUT2D eigenvalue weighted by Crippen LogP contribution is 2.21. The fourth-order valence-electron chi connectivity index (χ4n) is 2.98. The summed E-state index contributed by atoms with van der Waals surface area (Å²) in [5.41, 5.74) is 5.65. The van der Waals surface area contributed by atoms with E-state index in [1.807, 2.05) is 26.0 Å². The van der Waals surface area contributed by atoms with Crippen LogP contribution in [0.1, 0.15) is 28.4 Å². The number of carbonyl (C=O) groups is 2. The van der Waals surface area contributed by atoms with E-state index < -0.39 is 29.2 Å². The first-order valence-electron chi connectivity index (χ1n) is 9.50. The number of benzene rings is 1. The highest BCUT2D eigenvalue weighted by Gasteiger charge is 2.18. The van der Waals surface area contributed by atoms with Crippen LogP contribution in [0.15, 0.2) is 40.1 Å². The van der Waals surface area contributed by atoms with Gasteiger partial charge in [-0.3, -0.25) is 34.4 Å². The van der Waals surface area contributed by atoms with E-state index >= 15 is 0 Å². The number of amides is 2. The van der Waals surface area contributed by atoms with Crippen LogP contribution in [0.3, 0.4) is 0 Å². The maximum Gasteiger partial charge on any atom is 0.332 e. The third-order valence-electron chi connectivity index (χ3n) is 5.08. The van der Waals surface area contributed by atoms with Gasteiger partial charge in [0, 0.05) is 20.3 Å². The van der Waals surface area contributed by atoms with Crippen molar-refractivity contribution in [1.82, 2.24) is 25.0 Å². The van der Waals surface area contributed by atoms with Crippen molar-refractivity contribution in [3.8, 4) is 5.75 Å². The molecule has 1 aromatic carbocycles. The van der Waals surface area contributed by atoms with E-state index in [0.717, 1.165) is 15.7 Å². The molecule has 0 aliphatic carbocycles. The summed E-state index contributed by atoms with van der Waals surface area (Å²) in [5.74, 6) is -0.645. The van der Waals surface area contributed by atoms with Crippen molar-refractivity contribution in [2.75, 3.05) is 0 Å². The van der Waals surface area contributed by atoms with Gasteiger partial charge in [-0.2, -0.15) is 0 Å². The first kappa shape index (κ1) is 21.8. The Morgan fingerprint density at radius 3 is 2.52 bits per heavy atom. The first-order valence-corrected chi connectivity index (χ1v) is 9.50. The van der Waals surface area contributed by atoms with Gasteiger partial charge in [0.2, 0.25) is 0 Å². The van der Waals surface area contributed by atoms with Gasteiger partial charge in [-0.25, -0.2) is 9.78 Å². The molecule has 0 bridgehead atoms. The van der Waals surface area contributed by atoms with Gasteiger partial charge < -0.3 is 4.74 Å². The predicted octanol–water partition coefficient (Wildman–Crippen LogP) is 0.478. The lowest BCUT2D eigenvalue weighted by Crippen LogP contribution is -2.47. The second kappa shape index (κ2) is 8.42. The molecule has 0 spiro atoms. The summed E-state index contributed by atoms with van der Waals surface area (Å²) in [4.78, 5) is 53.1. The molecule has 0 radical (unpaired) electrons. The lowest BCUT2D eigenvalue weighted by Gasteiger charge is -2.17. The van der Waals surface area contributed by atoms with E-state index in [1.165, 1.54) is 30.9 Å². The first-order chi connectivity index (χ1) is 14.6. The predicted molar refractivity (Wildman–Crippen MR) is 114 cm³/mol. The van der Waals surface area contributed by atoms with Gasteiger partial charge in [-0.15, -0.1) is 0 Å². The lowest BCUT2D eigenvalue weighted by molar-refractivity contribution is -0.128. The molecule has 0 saturated heterocycles. The fraction of sp³-hybridized carbons (Fsp3) is 0.286. The van der Waals surface area contributed by atoms with Crippen LogP contribution in [0.5, 0.6) is 5.75 Å². The van der Waals surface area contributed by atoms with Crippen LogP contribution in [0.2, 0.25) is 0 Å². The molecular weight excluding hydrogens is 402 g/mol. The molecule has 1 atom stereocenters. The Balaban J connectivity index is 1.72. The molecule has 2 N–H and O–H groups in total. The van der Waals surface area contributed by atoms with Crippen LogP contribution in [-0.4, -0.2) is 32.0 Å². The zero-order valence-corrected chi connectivity index (χ0v) is 17.8. The number of nitrogens with zero attached hydrogens (tertiary/aromatic N) is 3. The number of hydrogen-bond acceptors (Lipinski definition) is 6. The number of aryl methyl sites for hydroxylation is 2. The summed E-state index contributed by atoms with van der Waals surface area (Å²) in [7, 11) is 2.82. The second-order valence-corrected chi connectivity index (χ2v) is 7.20. The van der Waals surface area contributed by atoms with Crippen molar-refractivity contribution >= 4 is 22.8 Å². The Bertz CT molecular complexity index is 1310. The van der Waals surface area contributed by atoms with Gasteiger partial charge in [-0.1, -0.05) is 12.1 Å². The smallest absolute Gasteiger partial charge is 0.332 e. The summed E-state index contributed by atoms with van der Waals surface area (Å²) in [6.07, 6.45) is 0.357. The Kier molecular flexibility index (Phi) is 5.91. The summed E-state index contributed by atoms with van der Waals surface area (Å²) < 4.78 is 7.83. The van der Waals surface area contributed by atoms with Gasteiger partial charge in [0.1, 0.15) is 11.4 Å². The zero-order chi connectivity index (χ0) is 22.9. The van der Waals surface area contributed by atoms with Gasteiger partial charge in [0.25, 0.3) is 17.4 Å². The minimum absolute atomic E-state index is 0.0478. The molecule has 3 aromatic rings. The average Bonchev–Trinajstić information content (AvgIpc) is 2.76. The normalized spacial score (nSPS) is 11.8. The molecule has 2 heterocycles. The SMILES string of the molecule is Cc1cccc(OC(C)C(=O)NNC(=O)c2cnc3c(c2)c(=O)n(C)c(=O)n3C)c1C. The van der Waals surface area contributed by atoms with Gasteiger partial charge in [0.05, 0.1) is 10.9 Å². The molecule has 31 heavy (non-hydrogen) atoms. The fourth-order valence-corrected chi connectivity index (χ4v) is 2.98. The van der Waals surface area contributed by atoms with Crippen molar-refractivity contribution < 1.29 is 14.3 Å². The topological polar surface area (TPSA) is 124 Å². The van der Waals surface area contributed by atoms with Crippen LogP contribution >= 0.6 is 0 Å².